The highest BCUT2D eigenvalue weighted by molar-refractivity contribution is 7.89. The first-order valence-corrected chi connectivity index (χ1v) is 11.9. The first-order chi connectivity index (χ1) is 14.5. The van der Waals surface area contributed by atoms with Gasteiger partial charge in [-0.3, -0.25) is 9.69 Å². The number of nitrogens with one attached hydrogen (secondary N) is 2. The number of hydrogen-bond donors (Lipinski definition) is 2. The highest BCUT2D eigenvalue weighted by atomic mass is 32.2. The van der Waals surface area contributed by atoms with Gasteiger partial charge in [0.05, 0.1) is 4.90 Å². The molecule has 0 saturated carbocycles. The number of hydrogen-bond acceptors (Lipinski definition) is 5. The van der Waals surface area contributed by atoms with E-state index in [4.69, 9.17) is 0 Å². The van der Waals surface area contributed by atoms with Gasteiger partial charge in [-0.15, -0.1) is 0 Å². The van der Waals surface area contributed by atoms with Crippen molar-refractivity contribution in [3.8, 4) is 0 Å². The molecule has 0 bridgehead atoms. The zero-order valence-corrected chi connectivity index (χ0v) is 18.2. The number of carbonyl (C=O) groups is 1. The maximum Gasteiger partial charge on any atom is 0.240 e. The van der Waals surface area contributed by atoms with Gasteiger partial charge in [0, 0.05) is 50.5 Å². The molecule has 30 heavy (non-hydrogen) atoms. The lowest BCUT2D eigenvalue weighted by molar-refractivity contribution is -0.115. The zero-order valence-electron chi connectivity index (χ0n) is 17.4. The standard InChI is InChI=1S/C22H30N4O3S/c1-2-22(27)24-19-9-11-21(12-10-19)30(28,29)23-13-6-14-25-15-17-26(18-16-25)20-7-4-3-5-8-20/h3-5,7-12,23H,2,6,13-18H2,1H3,(H,24,27). The fourth-order valence-corrected chi connectivity index (χ4v) is 4.50. The van der Waals surface area contributed by atoms with Gasteiger partial charge in [0.15, 0.2) is 0 Å². The minimum absolute atomic E-state index is 0.103. The smallest absolute Gasteiger partial charge is 0.240 e. The van der Waals surface area contributed by atoms with Crippen LogP contribution >= 0.6 is 0 Å². The van der Waals surface area contributed by atoms with Crippen LogP contribution < -0.4 is 14.9 Å². The molecular weight excluding hydrogens is 400 g/mol. The molecule has 1 heterocycles. The maximum atomic E-state index is 12.5. The van der Waals surface area contributed by atoms with E-state index in [0.29, 0.717) is 18.7 Å². The Balaban J connectivity index is 1.39. The van der Waals surface area contributed by atoms with Gasteiger partial charge < -0.3 is 10.2 Å². The lowest BCUT2D eigenvalue weighted by Gasteiger charge is -2.36. The Labute approximate surface area is 179 Å². The highest BCUT2D eigenvalue weighted by Crippen LogP contribution is 2.16. The molecule has 0 aromatic heterocycles. The topological polar surface area (TPSA) is 81.7 Å². The number of rotatable bonds is 9. The molecule has 0 aliphatic carbocycles. The molecule has 1 saturated heterocycles. The number of para-hydroxylation sites is 1. The van der Waals surface area contributed by atoms with Crippen LogP contribution in [0.25, 0.3) is 0 Å². The van der Waals surface area contributed by atoms with Crippen molar-refractivity contribution in [1.82, 2.24) is 9.62 Å². The third-order valence-electron chi connectivity index (χ3n) is 5.21. The van der Waals surface area contributed by atoms with Crippen molar-refractivity contribution in [3.63, 3.8) is 0 Å². The van der Waals surface area contributed by atoms with Gasteiger partial charge in [-0.25, -0.2) is 13.1 Å². The largest absolute Gasteiger partial charge is 0.369 e. The molecular formula is C22H30N4O3S. The summed E-state index contributed by atoms with van der Waals surface area (Å²) < 4.78 is 27.6. The second kappa shape index (κ2) is 10.6. The molecule has 2 aromatic carbocycles. The number of amides is 1. The van der Waals surface area contributed by atoms with Crippen LogP contribution in [0.4, 0.5) is 11.4 Å². The Bertz CT molecular complexity index is 909. The zero-order chi connectivity index (χ0) is 21.4. The van der Waals surface area contributed by atoms with Crippen molar-refractivity contribution >= 4 is 27.3 Å². The predicted octanol–water partition coefficient (Wildman–Crippen LogP) is 2.53. The van der Waals surface area contributed by atoms with Crippen LogP contribution in [-0.2, 0) is 14.8 Å². The van der Waals surface area contributed by atoms with Gasteiger partial charge in [0.2, 0.25) is 15.9 Å². The fourth-order valence-electron chi connectivity index (χ4n) is 3.43. The SMILES string of the molecule is CCC(=O)Nc1ccc(S(=O)(=O)NCCCN2CCN(c3ccccc3)CC2)cc1. The summed E-state index contributed by atoms with van der Waals surface area (Å²) in [5.74, 6) is -0.103. The second-order valence-electron chi connectivity index (χ2n) is 7.34. The van der Waals surface area contributed by atoms with E-state index in [-0.39, 0.29) is 10.8 Å². The van der Waals surface area contributed by atoms with Gasteiger partial charge in [-0.05, 0) is 49.4 Å². The molecule has 1 fully saturated rings. The molecule has 3 rings (SSSR count). The Morgan fingerprint density at radius 2 is 1.63 bits per heavy atom. The Kier molecular flexibility index (Phi) is 7.84. The number of sulfonamides is 1. The minimum Gasteiger partial charge on any atom is -0.369 e. The summed E-state index contributed by atoms with van der Waals surface area (Å²) >= 11 is 0. The van der Waals surface area contributed by atoms with Crippen molar-refractivity contribution in [2.45, 2.75) is 24.7 Å². The van der Waals surface area contributed by atoms with Gasteiger partial charge in [0.1, 0.15) is 0 Å². The molecule has 8 heteroatoms. The van der Waals surface area contributed by atoms with E-state index in [1.54, 1.807) is 19.1 Å². The van der Waals surface area contributed by atoms with Crippen LogP contribution in [-0.4, -0.2) is 58.5 Å². The van der Waals surface area contributed by atoms with E-state index in [0.717, 1.165) is 39.1 Å². The monoisotopic (exact) mass is 430 g/mol. The third-order valence-corrected chi connectivity index (χ3v) is 6.68. The van der Waals surface area contributed by atoms with Crippen LogP contribution in [0.2, 0.25) is 0 Å². The quantitative estimate of drug-likeness (QED) is 0.598. The normalized spacial score (nSPS) is 15.2. The number of nitrogens with zero attached hydrogens (tertiary/aromatic N) is 2. The summed E-state index contributed by atoms with van der Waals surface area (Å²) in [6, 6.07) is 16.6. The number of carbonyl (C=O) groups excluding carboxylic acids is 1. The van der Waals surface area contributed by atoms with Crippen LogP contribution in [0.3, 0.4) is 0 Å². The Morgan fingerprint density at radius 3 is 2.27 bits per heavy atom. The molecule has 0 atom stereocenters. The van der Waals surface area contributed by atoms with Gasteiger partial charge in [-0.2, -0.15) is 0 Å². The van der Waals surface area contributed by atoms with E-state index in [2.05, 4.69) is 44.1 Å². The third kappa shape index (κ3) is 6.29. The molecule has 162 valence electrons. The molecule has 1 aliphatic rings. The van der Waals surface area contributed by atoms with Gasteiger partial charge >= 0.3 is 0 Å². The average Bonchev–Trinajstić information content (AvgIpc) is 2.78. The molecule has 1 amide bonds. The van der Waals surface area contributed by atoms with Crippen LogP contribution in [0.15, 0.2) is 59.5 Å². The molecule has 1 aliphatic heterocycles. The van der Waals surface area contributed by atoms with Crippen molar-refractivity contribution in [1.29, 1.82) is 0 Å². The van der Waals surface area contributed by atoms with Crippen molar-refractivity contribution < 1.29 is 13.2 Å². The van der Waals surface area contributed by atoms with E-state index in [9.17, 15) is 13.2 Å². The van der Waals surface area contributed by atoms with Gasteiger partial charge in [0.25, 0.3) is 0 Å². The van der Waals surface area contributed by atoms with Crippen LogP contribution in [0.1, 0.15) is 19.8 Å². The summed E-state index contributed by atoms with van der Waals surface area (Å²) in [4.78, 5) is 16.4. The average molecular weight is 431 g/mol. The molecule has 0 spiro atoms. The predicted molar refractivity (Wildman–Crippen MR) is 120 cm³/mol. The summed E-state index contributed by atoms with van der Waals surface area (Å²) in [5, 5.41) is 2.71. The van der Waals surface area contributed by atoms with Crippen LogP contribution in [0.5, 0.6) is 0 Å². The van der Waals surface area contributed by atoms with E-state index < -0.39 is 10.0 Å². The molecule has 0 unspecified atom stereocenters. The fraction of sp³-hybridized carbons (Fsp3) is 0.409. The molecule has 2 aromatic rings. The Hall–Kier alpha value is -2.42. The van der Waals surface area contributed by atoms with Crippen LogP contribution in [0, 0.1) is 0 Å². The maximum absolute atomic E-state index is 12.5. The summed E-state index contributed by atoms with van der Waals surface area (Å²) in [7, 11) is -3.55. The molecule has 7 nitrogen and oxygen atoms in total. The lowest BCUT2D eigenvalue weighted by atomic mass is 10.2. The molecule has 2 N–H and O–H groups in total. The van der Waals surface area contributed by atoms with Crippen molar-refractivity contribution in [2.24, 2.45) is 0 Å². The van der Waals surface area contributed by atoms with Gasteiger partial charge in [-0.1, -0.05) is 25.1 Å². The highest BCUT2D eigenvalue weighted by Gasteiger charge is 2.17. The summed E-state index contributed by atoms with van der Waals surface area (Å²) in [5.41, 5.74) is 1.85. The minimum atomic E-state index is -3.55. The number of piperazine rings is 1. The first-order valence-electron chi connectivity index (χ1n) is 10.4. The Morgan fingerprint density at radius 1 is 0.967 bits per heavy atom. The first kappa shape index (κ1) is 22.3. The van der Waals surface area contributed by atoms with E-state index >= 15 is 0 Å². The van der Waals surface area contributed by atoms with E-state index in [1.807, 2.05) is 6.07 Å². The second-order valence-corrected chi connectivity index (χ2v) is 9.11. The van der Waals surface area contributed by atoms with Crippen molar-refractivity contribution in [3.05, 3.63) is 54.6 Å². The lowest BCUT2D eigenvalue weighted by Crippen LogP contribution is -2.47. The van der Waals surface area contributed by atoms with Crippen molar-refractivity contribution in [2.75, 3.05) is 49.5 Å². The molecule has 0 radical (unpaired) electrons. The summed E-state index contributed by atoms with van der Waals surface area (Å²) in [6.07, 6.45) is 1.14. The van der Waals surface area contributed by atoms with E-state index in [1.165, 1.54) is 17.8 Å². The summed E-state index contributed by atoms with van der Waals surface area (Å²) in [6.45, 7) is 6.95. The number of benzene rings is 2. The number of anilines is 2.